The summed E-state index contributed by atoms with van der Waals surface area (Å²) >= 11 is 0. The molecule has 0 aliphatic rings. The standard InChI is InChI=1S/C40H75NO7/c1-5-6-7-8-9-10-11-12-13-14-15-16-17-18-19-20-21-22-23-24-25-26-27-28-29-30-31-32-38(43)47-35-37(42)36-48-40(39(44)45)46-34-33-41(2,3)4/h11-12,14-15,37,40,42H,5-10,13,16-36H2,1-4H3/p+1/b12-11-,15-14-. The largest absolute Gasteiger partial charge is 0.477 e. The van der Waals surface area contributed by atoms with Crippen LogP contribution in [0.2, 0.25) is 0 Å². The van der Waals surface area contributed by atoms with Crippen molar-refractivity contribution < 1.29 is 38.5 Å². The molecule has 282 valence electrons. The quantitative estimate of drug-likeness (QED) is 0.0223. The molecule has 0 aromatic rings. The van der Waals surface area contributed by atoms with E-state index in [1.807, 2.05) is 21.1 Å². The fraction of sp³-hybridized carbons (Fsp3) is 0.850. The number of ether oxygens (including phenoxy) is 3. The van der Waals surface area contributed by atoms with Gasteiger partial charge in [-0.2, -0.15) is 0 Å². The van der Waals surface area contributed by atoms with Gasteiger partial charge in [0.05, 0.1) is 34.4 Å². The first-order valence-electron chi connectivity index (χ1n) is 19.6. The maximum atomic E-state index is 12.0. The summed E-state index contributed by atoms with van der Waals surface area (Å²) in [5.41, 5.74) is 0. The number of nitrogens with zero attached hydrogens (tertiary/aromatic N) is 1. The number of aliphatic hydroxyl groups is 1. The van der Waals surface area contributed by atoms with E-state index >= 15 is 0 Å². The Morgan fingerprint density at radius 2 is 1.08 bits per heavy atom. The van der Waals surface area contributed by atoms with E-state index in [9.17, 15) is 19.8 Å². The molecule has 0 rings (SSSR count). The number of hydrogen-bond acceptors (Lipinski definition) is 6. The molecule has 2 N–H and O–H groups in total. The number of likely N-dealkylation sites (N-methyl/N-ethyl adjacent to an activating group) is 1. The number of carbonyl (C=O) groups excluding carboxylic acids is 1. The number of esters is 1. The number of aliphatic carboxylic acids is 1. The van der Waals surface area contributed by atoms with Gasteiger partial charge in [0.2, 0.25) is 0 Å². The van der Waals surface area contributed by atoms with Gasteiger partial charge >= 0.3 is 11.9 Å². The van der Waals surface area contributed by atoms with E-state index in [0.717, 1.165) is 25.7 Å². The molecule has 0 aliphatic heterocycles. The Labute approximate surface area is 295 Å². The van der Waals surface area contributed by atoms with Crippen molar-refractivity contribution in [3.8, 4) is 0 Å². The van der Waals surface area contributed by atoms with Gasteiger partial charge in [-0.25, -0.2) is 4.79 Å². The molecule has 0 saturated carbocycles. The molecular weight excluding hydrogens is 606 g/mol. The summed E-state index contributed by atoms with van der Waals surface area (Å²) in [6, 6.07) is 0. The number of allylic oxidation sites excluding steroid dienone is 4. The van der Waals surface area contributed by atoms with Gasteiger partial charge in [-0.05, 0) is 38.5 Å². The van der Waals surface area contributed by atoms with Gasteiger partial charge in [-0.3, -0.25) is 4.79 Å². The van der Waals surface area contributed by atoms with Gasteiger partial charge in [0.1, 0.15) is 19.3 Å². The lowest BCUT2D eigenvalue weighted by molar-refractivity contribution is -0.870. The molecule has 0 aliphatic carbocycles. The van der Waals surface area contributed by atoms with Crippen molar-refractivity contribution in [2.75, 3.05) is 47.5 Å². The number of hydrogen-bond donors (Lipinski definition) is 2. The fourth-order valence-corrected chi connectivity index (χ4v) is 5.33. The van der Waals surface area contributed by atoms with Crippen LogP contribution in [-0.4, -0.2) is 86.5 Å². The van der Waals surface area contributed by atoms with Crippen LogP contribution < -0.4 is 0 Å². The van der Waals surface area contributed by atoms with Crippen LogP contribution in [0.1, 0.15) is 161 Å². The number of rotatable bonds is 36. The minimum Gasteiger partial charge on any atom is -0.477 e. The van der Waals surface area contributed by atoms with Crippen LogP contribution >= 0.6 is 0 Å². The Bertz CT molecular complexity index is 793. The Balaban J connectivity index is 3.45. The monoisotopic (exact) mass is 683 g/mol. The highest BCUT2D eigenvalue weighted by molar-refractivity contribution is 5.70. The van der Waals surface area contributed by atoms with Crippen LogP contribution in [0.3, 0.4) is 0 Å². The van der Waals surface area contributed by atoms with Gasteiger partial charge in [-0.1, -0.05) is 140 Å². The van der Waals surface area contributed by atoms with Crippen molar-refractivity contribution >= 4 is 11.9 Å². The maximum absolute atomic E-state index is 12.0. The summed E-state index contributed by atoms with van der Waals surface area (Å²) in [7, 11) is 5.92. The van der Waals surface area contributed by atoms with Crippen LogP contribution in [0.5, 0.6) is 0 Å². The Kier molecular flexibility index (Phi) is 32.5. The van der Waals surface area contributed by atoms with Crippen molar-refractivity contribution in [2.45, 2.75) is 173 Å². The predicted octanol–water partition coefficient (Wildman–Crippen LogP) is 9.54. The van der Waals surface area contributed by atoms with E-state index in [0.29, 0.717) is 17.4 Å². The van der Waals surface area contributed by atoms with Crippen LogP contribution in [0.25, 0.3) is 0 Å². The average molecular weight is 683 g/mol. The summed E-state index contributed by atoms with van der Waals surface area (Å²) in [6.45, 7) is 2.59. The fourth-order valence-electron chi connectivity index (χ4n) is 5.33. The predicted molar refractivity (Wildman–Crippen MR) is 198 cm³/mol. The average Bonchev–Trinajstić information content (AvgIpc) is 3.04. The zero-order chi connectivity index (χ0) is 35.6. The molecule has 0 spiro atoms. The Morgan fingerprint density at radius 3 is 1.54 bits per heavy atom. The minimum atomic E-state index is -1.46. The number of carboxylic acids is 1. The van der Waals surface area contributed by atoms with Gasteiger partial charge in [0.15, 0.2) is 0 Å². The van der Waals surface area contributed by atoms with E-state index in [-0.39, 0.29) is 25.8 Å². The molecule has 0 saturated heterocycles. The van der Waals surface area contributed by atoms with E-state index in [4.69, 9.17) is 14.2 Å². The molecule has 0 fully saturated rings. The number of unbranched alkanes of at least 4 members (excludes halogenated alkanes) is 20. The molecule has 0 radical (unpaired) electrons. The molecule has 0 bridgehead atoms. The normalized spacial score (nSPS) is 13.4. The summed E-state index contributed by atoms with van der Waals surface area (Å²) in [5.74, 6) is -1.61. The second-order valence-electron chi connectivity index (χ2n) is 14.4. The molecule has 8 heteroatoms. The maximum Gasteiger partial charge on any atom is 0.361 e. The molecule has 48 heavy (non-hydrogen) atoms. The van der Waals surface area contributed by atoms with Crippen molar-refractivity contribution in [1.29, 1.82) is 0 Å². The van der Waals surface area contributed by atoms with Crippen LogP contribution in [0.4, 0.5) is 0 Å². The smallest absolute Gasteiger partial charge is 0.361 e. The van der Waals surface area contributed by atoms with Gasteiger partial charge in [0, 0.05) is 6.42 Å². The highest BCUT2D eigenvalue weighted by Crippen LogP contribution is 2.14. The molecule has 0 aromatic carbocycles. The number of carboxylic acid groups (broad SMARTS) is 1. The zero-order valence-corrected chi connectivity index (χ0v) is 31.6. The third-order valence-electron chi connectivity index (χ3n) is 8.44. The Hall–Kier alpha value is -1.74. The highest BCUT2D eigenvalue weighted by atomic mass is 16.7. The second-order valence-corrected chi connectivity index (χ2v) is 14.4. The molecule has 8 nitrogen and oxygen atoms in total. The van der Waals surface area contributed by atoms with E-state index < -0.39 is 18.4 Å². The van der Waals surface area contributed by atoms with E-state index in [2.05, 4.69) is 31.2 Å². The molecule has 0 aromatic heterocycles. The first kappa shape index (κ1) is 46.3. The number of carbonyl (C=O) groups is 2. The zero-order valence-electron chi connectivity index (χ0n) is 31.6. The molecule has 0 heterocycles. The molecular formula is C40H76NO7+. The van der Waals surface area contributed by atoms with Crippen molar-refractivity contribution in [3.63, 3.8) is 0 Å². The number of aliphatic hydroxyl groups excluding tert-OH is 1. The Morgan fingerprint density at radius 1 is 0.625 bits per heavy atom. The summed E-state index contributed by atoms with van der Waals surface area (Å²) in [6.07, 6.45) is 36.4. The summed E-state index contributed by atoms with van der Waals surface area (Å²) in [5, 5.41) is 19.2. The van der Waals surface area contributed by atoms with E-state index in [1.54, 1.807) is 0 Å². The topological polar surface area (TPSA) is 102 Å². The lowest BCUT2D eigenvalue weighted by atomic mass is 10.0. The molecule has 2 atom stereocenters. The van der Waals surface area contributed by atoms with Crippen LogP contribution in [0, 0.1) is 0 Å². The summed E-state index contributed by atoms with van der Waals surface area (Å²) in [4.78, 5) is 23.3. The summed E-state index contributed by atoms with van der Waals surface area (Å²) < 4.78 is 16.2. The van der Waals surface area contributed by atoms with Gasteiger partial charge in [-0.15, -0.1) is 0 Å². The lowest BCUT2D eigenvalue weighted by Crippen LogP contribution is -2.40. The van der Waals surface area contributed by atoms with Crippen molar-refractivity contribution in [3.05, 3.63) is 24.3 Å². The van der Waals surface area contributed by atoms with Gasteiger partial charge in [0.25, 0.3) is 6.29 Å². The lowest BCUT2D eigenvalue weighted by Gasteiger charge is -2.24. The van der Waals surface area contributed by atoms with Crippen LogP contribution in [0.15, 0.2) is 24.3 Å². The first-order chi connectivity index (χ1) is 23.2. The highest BCUT2D eigenvalue weighted by Gasteiger charge is 2.22. The minimum absolute atomic E-state index is 0.211. The SMILES string of the molecule is CCCCCCC/C=C\C/C=C\CCCCCCCCCCCCCCCCCC(=O)OCC(O)COC(OCC[N+](C)(C)C)C(=O)O. The third kappa shape index (κ3) is 35.6. The van der Waals surface area contributed by atoms with Crippen molar-refractivity contribution in [2.24, 2.45) is 0 Å². The van der Waals surface area contributed by atoms with Gasteiger partial charge < -0.3 is 28.9 Å². The third-order valence-corrected chi connectivity index (χ3v) is 8.44. The molecule has 2 unspecified atom stereocenters. The van der Waals surface area contributed by atoms with Crippen molar-refractivity contribution in [1.82, 2.24) is 0 Å². The van der Waals surface area contributed by atoms with Crippen LogP contribution in [-0.2, 0) is 23.8 Å². The second kappa shape index (κ2) is 33.7. The number of quaternary nitrogens is 1. The first-order valence-corrected chi connectivity index (χ1v) is 19.6. The molecule has 0 amide bonds. The van der Waals surface area contributed by atoms with E-state index in [1.165, 1.54) is 122 Å².